The van der Waals surface area contributed by atoms with Crippen molar-refractivity contribution >= 4 is 48.9 Å². The molecule has 0 unspecified atom stereocenters. The van der Waals surface area contributed by atoms with Crippen LogP contribution in [0.4, 0.5) is 11.4 Å². The van der Waals surface area contributed by atoms with Crippen LogP contribution in [0, 0.1) is 0 Å². The van der Waals surface area contributed by atoms with Crippen molar-refractivity contribution in [3.05, 3.63) is 27.8 Å². The second-order valence-electron chi connectivity index (χ2n) is 3.65. The zero-order chi connectivity index (χ0) is 14.2. The van der Waals surface area contributed by atoms with E-state index in [1.807, 2.05) is 0 Å². The number of hydrogen-bond acceptors (Lipinski definition) is 5. The van der Waals surface area contributed by atoms with Crippen molar-refractivity contribution in [3.8, 4) is 0 Å². The zero-order valence-corrected chi connectivity index (χ0v) is 12.8. The minimum Gasteiger partial charge on any atom is -0.397 e. The summed E-state index contributed by atoms with van der Waals surface area (Å²) in [6.45, 7) is 0. The monoisotopic (exact) mass is 365 g/mol. The molecule has 0 amide bonds. The number of rotatable bonds is 3. The SMILES string of the molecule is Cn1nnc(Br)c1S(=O)(=O)Nc1ccc(Cl)cc1N. The van der Waals surface area contributed by atoms with Crippen molar-refractivity contribution in [1.82, 2.24) is 15.0 Å². The second-order valence-corrected chi connectivity index (χ2v) is 6.43. The molecule has 1 aromatic carbocycles. The van der Waals surface area contributed by atoms with Crippen LogP contribution < -0.4 is 10.5 Å². The first kappa shape index (κ1) is 14.1. The Bertz CT molecular complexity index is 711. The molecule has 102 valence electrons. The molecule has 7 nitrogen and oxygen atoms in total. The van der Waals surface area contributed by atoms with Crippen LogP contribution in [-0.4, -0.2) is 23.4 Å². The van der Waals surface area contributed by atoms with E-state index in [2.05, 4.69) is 31.0 Å². The van der Waals surface area contributed by atoms with Gasteiger partial charge in [0.1, 0.15) is 0 Å². The van der Waals surface area contributed by atoms with E-state index in [1.165, 1.54) is 25.2 Å². The van der Waals surface area contributed by atoms with Gasteiger partial charge in [-0.2, -0.15) is 8.42 Å². The first-order valence-corrected chi connectivity index (χ1v) is 7.59. The van der Waals surface area contributed by atoms with Crippen molar-refractivity contribution in [2.45, 2.75) is 5.03 Å². The first-order chi connectivity index (χ1) is 8.81. The van der Waals surface area contributed by atoms with Crippen LogP contribution in [-0.2, 0) is 17.1 Å². The van der Waals surface area contributed by atoms with Gasteiger partial charge in [-0.3, -0.25) is 4.72 Å². The minimum absolute atomic E-state index is 0.0955. The molecule has 0 saturated carbocycles. The van der Waals surface area contributed by atoms with E-state index in [0.29, 0.717) is 5.02 Å². The molecule has 1 aromatic heterocycles. The molecule has 10 heteroatoms. The maximum absolute atomic E-state index is 12.2. The quantitative estimate of drug-likeness (QED) is 0.803. The smallest absolute Gasteiger partial charge is 0.281 e. The lowest BCUT2D eigenvalue weighted by Gasteiger charge is -2.10. The van der Waals surface area contributed by atoms with Crippen molar-refractivity contribution in [2.75, 3.05) is 10.5 Å². The number of nitrogens with one attached hydrogen (secondary N) is 1. The van der Waals surface area contributed by atoms with Gasteiger partial charge in [0.25, 0.3) is 10.0 Å². The largest absolute Gasteiger partial charge is 0.397 e. The molecule has 19 heavy (non-hydrogen) atoms. The number of anilines is 2. The maximum Gasteiger partial charge on any atom is 0.281 e. The summed E-state index contributed by atoms with van der Waals surface area (Å²) < 4.78 is 28.0. The maximum atomic E-state index is 12.2. The summed E-state index contributed by atoms with van der Waals surface area (Å²) >= 11 is 8.78. The molecule has 0 radical (unpaired) electrons. The van der Waals surface area contributed by atoms with Gasteiger partial charge in [-0.25, -0.2) is 4.68 Å². The van der Waals surface area contributed by atoms with Crippen molar-refractivity contribution in [2.24, 2.45) is 7.05 Å². The molecule has 0 saturated heterocycles. The third-order valence-corrected chi connectivity index (χ3v) is 4.74. The number of aryl methyl sites for hydroxylation is 1. The molecule has 0 aliphatic rings. The van der Waals surface area contributed by atoms with Gasteiger partial charge in [0, 0.05) is 12.1 Å². The normalized spacial score (nSPS) is 11.5. The highest BCUT2D eigenvalue weighted by Gasteiger charge is 2.24. The van der Waals surface area contributed by atoms with E-state index in [-0.39, 0.29) is 21.0 Å². The molecule has 0 atom stereocenters. The Balaban J connectivity index is 2.42. The van der Waals surface area contributed by atoms with Crippen molar-refractivity contribution < 1.29 is 8.42 Å². The molecule has 1 heterocycles. The van der Waals surface area contributed by atoms with Gasteiger partial charge in [0.2, 0.25) is 5.03 Å². The second kappa shape index (κ2) is 4.99. The molecule has 0 spiro atoms. The van der Waals surface area contributed by atoms with E-state index in [0.717, 1.165) is 4.68 Å². The minimum atomic E-state index is -3.85. The highest BCUT2D eigenvalue weighted by molar-refractivity contribution is 9.10. The van der Waals surface area contributed by atoms with Crippen LogP contribution in [0.2, 0.25) is 5.02 Å². The fourth-order valence-electron chi connectivity index (χ4n) is 1.43. The number of benzene rings is 1. The summed E-state index contributed by atoms with van der Waals surface area (Å²) in [5.41, 5.74) is 6.16. The number of nitrogen functional groups attached to an aromatic ring is 1. The lowest BCUT2D eigenvalue weighted by atomic mass is 10.3. The number of hydrogen-bond donors (Lipinski definition) is 2. The summed E-state index contributed by atoms with van der Waals surface area (Å²) in [6.07, 6.45) is 0. The van der Waals surface area contributed by atoms with Gasteiger partial charge in [0.05, 0.1) is 11.4 Å². The third kappa shape index (κ3) is 2.82. The average Bonchev–Trinajstić information content (AvgIpc) is 2.63. The van der Waals surface area contributed by atoms with Crippen LogP contribution in [0.1, 0.15) is 0 Å². The van der Waals surface area contributed by atoms with Gasteiger partial charge in [-0.05, 0) is 34.1 Å². The van der Waals surface area contributed by atoms with Crippen LogP contribution in [0.25, 0.3) is 0 Å². The predicted octanol–water partition coefficient (Wildman–Crippen LogP) is 1.61. The molecular weight excluding hydrogens is 358 g/mol. The summed E-state index contributed by atoms with van der Waals surface area (Å²) in [5, 5.41) is 7.55. The summed E-state index contributed by atoms with van der Waals surface area (Å²) in [4.78, 5) is 0. The standard InChI is InChI=1S/C9H9BrClN5O2S/c1-16-9(8(10)13-15-16)19(17,18)14-7-3-2-5(11)4-6(7)12/h2-4,14H,12H2,1H3. The van der Waals surface area contributed by atoms with Crippen LogP contribution in [0.15, 0.2) is 27.8 Å². The molecule has 0 aliphatic heterocycles. The number of sulfonamides is 1. The van der Waals surface area contributed by atoms with Gasteiger partial charge in [-0.15, -0.1) is 5.10 Å². The van der Waals surface area contributed by atoms with E-state index in [4.69, 9.17) is 17.3 Å². The number of nitrogens with two attached hydrogens (primary N) is 1. The Morgan fingerprint density at radius 3 is 2.68 bits per heavy atom. The fourth-order valence-corrected chi connectivity index (χ4v) is 3.79. The number of nitrogens with zero attached hydrogens (tertiary/aromatic N) is 3. The fraction of sp³-hybridized carbons (Fsp3) is 0.111. The Kier molecular flexibility index (Phi) is 3.70. The topological polar surface area (TPSA) is 103 Å². The molecule has 2 aromatic rings. The van der Waals surface area contributed by atoms with E-state index < -0.39 is 10.0 Å². The predicted molar refractivity (Wildman–Crippen MR) is 75.4 cm³/mol. The summed E-state index contributed by atoms with van der Waals surface area (Å²) in [7, 11) is -2.38. The van der Waals surface area contributed by atoms with Gasteiger partial charge in [-0.1, -0.05) is 16.8 Å². The third-order valence-electron chi connectivity index (χ3n) is 2.25. The van der Waals surface area contributed by atoms with Crippen molar-refractivity contribution in [1.29, 1.82) is 0 Å². The number of aromatic nitrogens is 3. The number of halogens is 2. The van der Waals surface area contributed by atoms with Crippen molar-refractivity contribution in [3.63, 3.8) is 0 Å². The Hall–Kier alpha value is -1.32. The lowest BCUT2D eigenvalue weighted by Crippen LogP contribution is -2.18. The summed E-state index contributed by atoms with van der Waals surface area (Å²) in [6, 6.07) is 4.47. The average molecular weight is 367 g/mol. The van der Waals surface area contributed by atoms with Gasteiger partial charge >= 0.3 is 0 Å². The highest BCUT2D eigenvalue weighted by atomic mass is 79.9. The molecule has 2 rings (SSSR count). The Labute approximate surface area is 122 Å². The zero-order valence-electron chi connectivity index (χ0n) is 9.63. The van der Waals surface area contributed by atoms with Crippen LogP contribution in [0.3, 0.4) is 0 Å². The lowest BCUT2D eigenvalue weighted by molar-refractivity contribution is 0.578. The molecular formula is C9H9BrClN5O2S. The first-order valence-electron chi connectivity index (χ1n) is 4.94. The molecule has 0 fully saturated rings. The van der Waals surface area contributed by atoms with Gasteiger partial charge < -0.3 is 5.73 Å². The van der Waals surface area contributed by atoms with E-state index in [1.54, 1.807) is 0 Å². The Morgan fingerprint density at radius 2 is 2.16 bits per heavy atom. The molecule has 0 aliphatic carbocycles. The van der Waals surface area contributed by atoms with E-state index >= 15 is 0 Å². The highest BCUT2D eigenvalue weighted by Crippen LogP contribution is 2.26. The van der Waals surface area contributed by atoms with Crippen LogP contribution in [0.5, 0.6) is 0 Å². The molecule has 0 bridgehead atoms. The van der Waals surface area contributed by atoms with Crippen LogP contribution >= 0.6 is 27.5 Å². The Morgan fingerprint density at radius 1 is 1.47 bits per heavy atom. The van der Waals surface area contributed by atoms with E-state index in [9.17, 15) is 8.42 Å². The molecule has 3 N–H and O–H groups in total. The summed E-state index contributed by atoms with van der Waals surface area (Å²) in [5.74, 6) is 0. The van der Waals surface area contributed by atoms with Gasteiger partial charge in [0.15, 0.2) is 4.60 Å².